The topological polar surface area (TPSA) is 48.1 Å². The summed E-state index contributed by atoms with van der Waals surface area (Å²) in [6, 6.07) is 2.00. The van der Waals surface area contributed by atoms with E-state index in [4.69, 9.17) is 10.5 Å². The molecule has 0 aromatic carbocycles. The summed E-state index contributed by atoms with van der Waals surface area (Å²) >= 11 is 0. The molecule has 0 aliphatic heterocycles. The van der Waals surface area contributed by atoms with Gasteiger partial charge in [-0.1, -0.05) is 37.1 Å². The Morgan fingerprint density at radius 1 is 1.29 bits per heavy atom. The van der Waals surface area contributed by atoms with Crippen LogP contribution in [0.1, 0.15) is 45.6 Å². The van der Waals surface area contributed by atoms with Gasteiger partial charge in [0.2, 0.25) is 0 Å². The van der Waals surface area contributed by atoms with Crippen molar-refractivity contribution in [2.75, 3.05) is 6.61 Å². The van der Waals surface area contributed by atoms with Crippen LogP contribution in [-0.4, -0.2) is 17.6 Å². The van der Waals surface area contributed by atoms with Gasteiger partial charge in [-0.3, -0.25) is 4.98 Å². The molecule has 116 valence electrons. The van der Waals surface area contributed by atoms with E-state index in [1.165, 1.54) is 17.6 Å². The van der Waals surface area contributed by atoms with Crippen molar-refractivity contribution in [2.45, 2.75) is 53.0 Å². The van der Waals surface area contributed by atoms with E-state index in [0.29, 0.717) is 6.61 Å². The van der Waals surface area contributed by atoms with Crippen molar-refractivity contribution in [3.8, 4) is 5.75 Å². The number of nitrogens with zero attached hydrogens (tertiary/aromatic N) is 1. The Bertz CT molecular complexity index is 492. The molecule has 0 fully saturated rings. The largest absolute Gasteiger partial charge is 0.490 e. The Morgan fingerprint density at radius 2 is 2.05 bits per heavy atom. The second-order valence-electron chi connectivity index (χ2n) is 5.28. The highest BCUT2D eigenvalue weighted by Crippen LogP contribution is 2.20. The van der Waals surface area contributed by atoms with Crippen LogP contribution in [0.3, 0.4) is 0 Å². The molecule has 0 bridgehead atoms. The van der Waals surface area contributed by atoms with E-state index in [-0.39, 0.29) is 6.04 Å². The summed E-state index contributed by atoms with van der Waals surface area (Å²) in [5.74, 6) is 0.791. The molecule has 2 rings (SSSR count). The van der Waals surface area contributed by atoms with Gasteiger partial charge >= 0.3 is 0 Å². The number of hydrogen-bond acceptors (Lipinski definition) is 3. The monoisotopic (exact) mass is 288 g/mol. The minimum atomic E-state index is 0.0221. The molecule has 1 aromatic rings. The minimum absolute atomic E-state index is 0.0221. The first-order valence-corrected chi connectivity index (χ1v) is 7.80. The first-order chi connectivity index (χ1) is 10.1. The lowest BCUT2D eigenvalue weighted by molar-refractivity contribution is 0.286. The number of aryl methyl sites for hydroxylation is 1. The van der Waals surface area contributed by atoms with Crippen LogP contribution in [0.15, 0.2) is 41.8 Å². The molecule has 2 N–H and O–H groups in total. The lowest BCUT2D eigenvalue weighted by Gasteiger charge is -2.16. The molecule has 1 aliphatic carbocycles. The predicted molar refractivity (Wildman–Crippen MR) is 89.5 cm³/mol. The van der Waals surface area contributed by atoms with Gasteiger partial charge in [0.1, 0.15) is 12.4 Å². The van der Waals surface area contributed by atoms with Crippen molar-refractivity contribution >= 4 is 0 Å². The van der Waals surface area contributed by atoms with Crippen LogP contribution in [0.2, 0.25) is 0 Å². The third-order valence-electron chi connectivity index (χ3n) is 3.19. The normalized spacial score (nSPS) is 15.3. The minimum Gasteiger partial charge on any atom is -0.490 e. The third-order valence-corrected chi connectivity index (χ3v) is 3.19. The lowest BCUT2D eigenvalue weighted by atomic mass is 9.96. The lowest BCUT2D eigenvalue weighted by Crippen LogP contribution is -2.28. The molecular formula is C18H28N2O. The molecule has 1 heterocycles. The summed E-state index contributed by atoms with van der Waals surface area (Å²) in [7, 11) is 0. The van der Waals surface area contributed by atoms with E-state index >= 15 is 0 Å². The SMILES string of the molecule is CC.CC1=CC(CC(N)COc2cncc(C)c2)=CCC1. The van der Waals surface area contributed by atoms with Crippen molar-refractivity contribution in [3.63, 3.8) is 0 Å². The van der Waals surface area contributed by atoms with E-state index in [1.54, 1.807) is 6.20 Å². The van der Waals surface area contributed by atoms with Crippen molar-refractivity contribution < 1.29 is 4.74 Å². The van der Waals surface area contributed by atoms with E-state index in [9.17, 15) is 0 Å². The zero-order valence-corrected chi connectivity index (χ0v) is 13.7. The van der Waals surface area contributed by atoms with E-state index in [2.05, 4.69) is 24.1 Å². The Labute approximate surface area is 128 Å². The van der Waals surface area contributed by atoms with Crippen LogP contribution >= 0.6 is 0 Å². The molecule has 1 unspecified atom stereocenters. The van der Waals surface area contributed by atoms with E-state index in [0.717, 1.165) is 24.2 Å². The predicted octanol–water partition coefficient (Wildman–Crippen LogP) is 4.18. The Morgan fingerprint density at radius 3 is 2.71 bits per heavy atom. The van der Waals surface area contributed by atoms with Gasteiger partial charge in [0.25, 0.3) is 0 Å². The summed E-state index contributed by atoms with van der Waals surface area (Å²) in [6.45, 7) is 8.70. The molecule has 0 saturated heterocycles. The number of aromatic nitrogens is 1. The number of rotatable bonds is 5. The van der Waals surface area contributed by atoms with Crippen LogP contribution in [0, 0.1) is 6.92 Å². The third kappa shape index (κ3) is 6.58. The zero-order chi connectivity index (χ0) is 15.7. The molecule has 1 atom stereocenters. The number of nitrogens with two attached hydrogens (primary N) is 1. The van der Waals surface area contributed by atoms with Gasteiger partial charge < -0.3 is 10.5 Å². The maximum atomic E-state index is 6.12. The molecular weight excluding hydrogens is 260 g/mol. The van der Waals surface area contributed by atoms with Gasteiger partial charge in [-0.15, -0.1) is 0 Å². The van der Waals surface area contributed by atoms with Crippen molar-refractivity contribution in [3.05, 3.63) is 47.3 Å². The molecule has 1 aromatic heterocycles. The van der Waals surface area contributed by atoms with Crippen LogP contribution < -0.4 is 10.5 Å². The summed E-state index contributed by atoms with van der Waals surface area (Å²) in [5, 5.41) is 0. The molecule has 0 spiro atoms. The fourth-order valence-electron chi connectivity index (χ4n) is 2.25. The Kier molecular flexibility index (Phi) is 7.76. The molecule has 3 heteroatoms. The Hall–Kier alpha value is -1.61. The molecule has 0 radical (unpaired) electrons. The summed E-state index contributed by atoms with van der Waals surface area (Å²) in [5.41, 5.74) is 9.99. The standard InChI is InChI=1S/C16H22N2O.C2H6/c1-12-4-3-5-14(6-12)8-15(17)11-19-16-7-13(2)9-18-10-16;1-2/h5-7,9-10,15H,3-4,8,11,17H2,1-2H3;1-2H3. The Balaban J connectivity index is 0.00000106. The summed E-state index contributed by atoms with van der Waals surface area (Å²) in [4.78, 5) is 4.10. The van der Waals surface area contributed by atoms with Gasteiger partial charge in [-0.05, 0) is 44.7 Å². The average molecular weight is 288 g/mol. The summed E-state index contributed by atoms with van der Waals surface area (Å²) < 4.78 is 5.68. The average Bonchev–Trinajstić information content (AvgIpc) is 2.47. The second kappa shape index (κ2) is 9.35. The first-order valence-electron chi connectivity index (χ1n) is 7.80. The van der Waals surface area contributed by atoms with Crippen molar-refractivity contribution in [1.82, 2.24) is 4.98 Å². The fraction of sp³-hybridized carbons (Fsp3) is 0.500. The van der Waals surface area contributed by atoms with Crippen LogP contribution in [-0.2, 0) is 0 Å². The van der Waals surface area contributed by atoms with Crippen LogP contribution in [0.4, 0.5) is 0 Å². The fourth-order valence-corrected chi connectivity index (χ4v) is 2.25. The number of hydrogen-bond donors (Lipinski definition) is 1. The molecule has 1 aliphatic rings. The molecule has 21 heavy (non-hydrogen) atoms. The van der Waals surface area contributed by atoms with Gasteiger partial charge in [0.15, 0.2) is 0 Å². The van der Waals surface area contributed by atoms with Crippen molar-refractivity contribution in [2.24, 2.45) is 5.73 Å². The van der Waals surface area contributed by atoms with Crippen molar-refractivity contribution in [1.29, 1.82) is 0 Å². The molecule has 0 amide bonds. The van der Waals surface area contributed by atoms with Gasteiger partial charge in [-0.25, -0.2) is 0 Å². The van der Waals surface area contributed by atoms with Crippen LogP contribution in [0.5, 0.6) is 5.75 Å². The maximum absolute atomic E-state index is 6.12. The van der Waals surface area contributed by atoms with E-state index in [1.807, 2.05) is 33.0 Å². The van der Waals surface area contributed by atoms with Gasteiger partial charge in [0.05, 0.1) is 6.20 Å². The highest BCUT2D eigenvalue weighted by molar-refractivity contribution is 5.27. The number of pyridine rings is 1. The molecule has 0 saturated carbocycles. The van der Waals surface area contributed by atoms with E-state index < -0.39 is 0 Å². The molecule has 3 nitrogen and oxygen atoms in total. The van der Waals surface area contributed by atoms with Gasteiger partial charge in [0, 0.05) is 12.2 Å². The first kappa shape index (κ1) is 17.4. The number of allylic oxidation sites excluding steroid dienone is 3. The summed E-state index contributed by atoms with van der Waals surface area (Å²) in [6.07, 6.45) is 11.2. The maximum Gasteiger partial charge on any atom is 0.137 e. The quantitative estimate of drug-likeness (QED) is 0.884. The smallest absolute Gasteiger partial charge is 0.137 e. The van der Waals surface area contributed by atoms with Crippen LogP contribution in [0.25, 0.3) is 0 Å². The highest BCUT2D eigenvalue weighted by Gasteiger charge is 2.09. The van der Waals surface area contributed by atoms with Gasteiger partial charge in [-0.2, -0.15) is 0 Å². The number of ether oxygens (including phenoxy) is 1. The highest BCUT2D eigenvalue weighted by atomic mass is 16.5. The zero-order valence-electron chi connectivity index (χ0n) is 13.7. The second-order valence-corrected chi connectivity index (χ2v) is 5.28.